The Morgan fingerprint density at radius 1 is 0.786 bits per heavy atom. The van der Waals surface area contributed by atoms with Crippen LogP contribution in [0, 0.1) is 5.92 Å². The highest BCUT2D eigenvalue weighted by Crippen LogP contribution is 2.26. The van der Waals surface area contributed by atoms with E-state index in [1.807, 2.05) is 77.5 Å². The summed E-state index contributed by atoms with van der Waals surface area (Å²) in [6, 6.07) is 30.5. The fourth-order valence-corrected chi connectivity index (χ4v) is 5.59. The number of ether oxygens (including phenoxy) is 3. The van der Waals surface area contributed by atoms with Crippen molar-refractivity contribution >= 4 is 11.0 Å². The highest BCUT2D eigenvalue weighted by atomic mass is 16.5. The fraction of sp³-hybridized carbons (Fsp3) is 0.294. The summed E-state index contributed by atoms with van der Waals surface area (Å²) in [5.41, 5.74) is 5.45. The number of aromatic amines is 1. The Bertz CT molecular complexity index is 1610. The zero-order chi connectivity index (χ0) is 28.6. The van der Waals surface area contributed by atoms with Crippen molar-refractivity contribution in [2.24, 2.45) is 5.92 Å². The molecule has 0 unspecified atom stereocenters. The highest BCUT2D eigenvalue weighted by molar-refractivity contribution is 5.78. The van der Waals surface area contributed by atoms with Crippen LogP contribution < -0.4 is 5.56 Å². The van der Waals surface area contributed by atoms with Gasteiger partial charge in [-0.05, 0) is 16.7 Å². The number of rotatable bonds is 13. The molecule has 1 aliphatic rings. The summed E-state index contributed by atoms with van der Waals surface area (Å²) >= 11 is 0. The molecule has 8 heteroatoms. The second-order valence-corrected chi connectivity index (χ2v) is 10.8. The van der Waals surface area contributed by atoms with E-state index in [0.29, 0.717) is 44.0 Å². The molecule has 1 aliphatic heterocycles. The minimum absolute atomic E-state index is 0.0277. The molecule has 3 aromatic carbocycles. The van der Waals surface area contributed by atoms with Crippen LogP contribution in [-0.2, 0) is 47.3 Å². The number of fused-ring (bicyclic) bond motifs is 1. The van der Waals surface area contributed by atoms with Crippen molar-refractivity contribution in [3.05, 3.63) is 136 Å². The molecule has 0 bridgehead atoms. The van der Waals surface area contributed by atoms with E-state index in [4.69, 9.17) is 14.2 Å². The monoisotopic (exact) mass is 564 g/mol. The van der Waals surface area contributed by atoms with E-state index in [1.54, 1.807) is 0 Å². The Labute approximate surface area is 245 Å². The molecule has 1 fully saturated rings. The molecule has 1 saturated heterocycles. The highest BCUT2D eigenvalue weighted by Gasteiger charge is 2.34. The summed E-state index contributed by atoms with van der Waals surface area (Å²) in [5, 5.41) is 0. The first kappa shape index (κ1) is 28.1. The maximum Gasteiger partial charge on any atom is 0.275 e. The number of hydrogen-bond donors (Lipinski definition) is 1. The predicted octanol–water partition coefficient (Wildman–Crippen LogP) is 5.13. The van der Waals surface area contributed by atoms with Crippen molar-refractivity contribution in [3.8, 4) is 0 Å². The van der Waals surface area contributed by atoms with E-state index in [-0.39, 0.29) is 24.3 Å². The van der Waals surface area contributed by atoms with Crippen LogP contribution in [0.15, 0.2) is 108 Å². The van der Waals surface area contributed by atoms with E-state index in [2.05, 4.69) is 39.1 Å². The Kier molecular flexibility index (Phi) is 9.17. The van der Waals surface area contributed by atoms with E-state index >= 15 is 0 Å². The lowest BCUT2D eigenvalue weighted by Crippen LogP contribution is -2.26. The average molecular weight is 565 g/mol. The summed E-state index contributed by atoms with van der Waals surface area (Å²) in [6.45, 7) is 4.72. The smallest absolute Gasteiger partial charge is 0.275 e. The molecule has 0 spiro atoms. The molecule has 0 aliphatic carbocycles. The molecular weight excluding hydrogens is 528 g/mol. The molecule has 42 heavy (non-hydrogen) atoms. The maximum absolute atomic E-state index is 12.8. The van der Waals surface area contributed by atoms with Crippen LogP contribution in [0.3, 0.4) is 0 Å². The Morgan fingerprint density at radius 3 is 2.07 bits per heavy atom. The van der Waals surface area contributed by atoms with Gasteiger partial charge in [0, 0.05) is 37.3 Å². The lowest BCUT2D eigenvalue weighted by molar-refractivity contribution is -0.0107. The van der Waals surface area contributed by atoms with Gasteiger partial charge in [0.15, 0.2) is 0 Å². The van der Waals surface area contributed by atoms with E-state index in [0.717, 1.165) is 35.3 Å². The van der Waals surface area contributed by atoms with Gasteiger partial charge in [-0.25, -0.2) is 4.98 Å². The molecule has 2 aromatic heterocycles. The van der Waals surface area contributed by atoms with Gasteiger partial charge in [-0.3, -0.25) is 9.69 Å². The number of nitrogens with zero attached hydrogens (tertiary/aromatic N) is 3. The third-order valence-corrected chi connectivity index (χ3v) is 7.67. The molecule has 1 N–H and O–H groups in total. The molecular formula is C34H36N4O4. The molecule has 216 valence electrons. The largest absolute Gasteiger partial charge is 0.376 e. The summed E-state index contributed by atoms with van der Waals surface area (Å²) < 4.78 is 20.5. The van der Waals surface area contributed by atoms with Crippen LogP contribution in [0.4, 0.5) is 0 Å². The second kappa shape index (κ2) is 13.7. The number of likely N-dealkylation sites (tertiary alicyclic amines) is 1. The van der Waals surface area contributed by atoms with Gasteiger partial charge < -0.3 is 23.8 Å². The quantitative estimate of drug-likeness (QED) is 0.214. The first-order valence-corrected chi connectivity index (χ1v) is 14.4. The maximum atomic E-state index is 12.8. The van der Waals surface area contributed by atoms with Crippen LogP contribution in [0.2, 0.25) is 0 Å². The lowest BCUT2D eigenvalue weighted by Gasteiger charge is -2.19. The standard InChI is InChI=1S/C34H36N4O4/c39-34-33-32(35-24-36-34)29(18-38(33)25-41-21-27-12-6-2-7-13-27)16-37-17-30(23-40-20-26-10-4-1-5-11-26)31(19-37)42-22-28-14-8-3-9-15-28/h1-15,18,24,30-31H,16-17,19-23,25H2,(H,35,36,39)/t30-,31+/m1/s1. The minimum atomic E-state index is -0.174. The van der Waals surface area contributed by atoms with Crippen molar-refractivity contribution in [3.63, 3.8) is 0 Å². The minimum Gasteiger partial charge on any atom is -0.376 e. The summed E-state index contributed by atoms with van der Waals surface area (Å²) in [6.07, 6.45) is 3.50. The van der Waals surface area contributed by atoms with Crippen molar-refractivity contribution in [1.82, 2.24) is 19.4 Å². The summed E-state index contributed by atoms with van der Waals surface area (Å²) in [7, 11) is 0. The van der Waals surface area contributed by atoms with Crippen LogP contribution in [0.25, 0.3) is 11.0 Å². The van der Waals surface area contributed by atoms with Gasteiger partial charge in [-0.15, -0.1) is 0 Å². The SMILES string of the molecule is O=c1[nH]cnc2c(CN3C[C@H](COCc4ccccc4)[C@@H](OCc4ccccc4)C3)cn(COCc3ccccc3)c12. The number of nitrogens with one attached hydrogen (secondary N) is 1. The molecule has 5 aromatic rings. The second-order valence-electron chi connectivity index (χ2n) is 10.8. The number of aromatic nitrogens is 3. The van der Waals surface area contributed by atoms with E-state index in [1.165, 1.54) is 6.33 Å². The first-order valence-electron chi connectivity index (χ1n) is 14.4. The van der Waals surface area contributed by atoms with E-state index in [9.17, 15) is 4.79 Å². The number of H-pyrrole nitrogens is 1. The summed E-state index contributed by atoms with van der Waals surface area (Å²) in [4.78, 5) is 22.5. The molecule has 6 rings (SSSR count). The molecule has 0 saturated carbocycles. The first-order chi connectivity index (χ1) is 20.7. The van der Waals surface area contributed by atoms with Crippen LogP contribution >= 0.6 is 0 Å². The molecule has 0 amide bonds. The van der Waals surface area contributed by atoms with Crippen molar-refractivity contribution in [2.45, 2.75) is 39.2 Å². The Balaban J connectivity index is 1.15. The Morgan fingerprint density at radius 2 is 1.40 bits per heavy atom. The predicted molar refractivity (Wildman–Crippen MR) is 161 cm³/mol. The van der Waals surface area contributed by atoms with Gasteiger partial charge in [-0.1, -0.05) is 91.0 Å². The van der Waals surface area contributed by atoms with Gasteiger partial charge in [0.05, 0.1) is 38.9 Å². The molecule has 2 atom stereocenters. The van der Waals surface area contributed by atoms with Crippen LogP contribution in [-0.4, -0.2) is 45.2 Å². The number of hydrogen-bond acceptors (Lipinski definition) is 6. The van der Waals surface area contributed by atoms with Crippen molar-refractivity contribution in [1.29, 1.82) is 0 Å². The average Bonchev–Trinajstić information content (AvgIpc) is 3.58. The third-order valence-electron chi connectivity index (χ3n) is 7.67. The van der Waals surface area contributed by atoms with E-state index < -0.39 is 0 Å². The summed E-state index contributed by atoms with van der Waals surface area (Å²) in [5.74, 6) is 0.219. The zero-order valence-electron chi connectivity index (χ0n) is 23.6. The van der Waals surface area contributed by atoms with Gasteiger partial charge >= 0.3 is 0 Å². The fourth-order valence-electron chi connectivity index (χ4n) is 5.59. The topological polar surface area (TPSA) is 81.6 Å². The van der Waals surface area contributed by atoms with Gasteiger partial charge in [-0.2, -0.15) is 0 Å². The normalized spacial score (nSPS) is 17.2. The molecule has 3 heterocycles. The van der Waals surface area contributed by atoms with Crippen LogP contribution in [0.1, 0.15) is 22.3 Å². The lowest BCUT2D eigenvalue weighted by atomic mass is 10.1. The van der Waals surface area contributed by atoms with Gasteiger partial charge in [0.2, 0.25) is 0 Å². The molecule has 8 nitrogen and oxygen atoms in total. The van der Waals surface area contributed by atoms with Crippen LogP contribution in [0.5, 0.6) is 0 Å². The van der Waals surface area contributed by atoms with Crippen molar-refractivity contribution < 1.29 is 14.2 Å². The Hall–Kier alpha value is -4.08. The zero-order valence-corrected chi connectivity index (χ0v) is 23.6. The third kappa shape index (κ3) is 7.03. The molecule has 0 radical (unpaired) electrons. The van der Waals surface area contributed by atoms with Gasteiger partial charge in [0.1, 0.15) is 17.8 Å². The van der Waals surface area contributed by atoms with Gasteiger partial charge in [0.25, 0.3) is 5.56 Å². The van der Waals surface area contributed by atoms with Crippen molar-refractivity contribution in [2.75, 3.05) is 19.7 Å². The number of benzene rings is 3.